The van der Waals surface area contributed by atoms with Crippen LogP contribution in [0.4, 0.5) is 0 Å². The van der Waals surface area contributed by atoms with Gasteiger partial charge in [-0.1, -0.05) is 54.1 Å². The van der Waals surface area contributed by atoms with Crippen molar-refractivity contribution in [3.8, 4) is 17.1 Å². The molecule has 0 bridgehead atoms. The first-order chi connectivity index (χ1) is 10.8. The Balaban J connectivity index is 2.04. The van der Waals surface area contributed by atoms with E-state index in [0.717, 1.165) is 5.82 Å². The second kappa shape index (κ2) is 5.15. The molecule has 0 unspecified atom stereocenters. The van der Waals surface area contributed by atoms with E-state index in [9.17, 15) is 0 Å². The van der Waals surface area contributed by atoms with Crippen molar-refractivity contribution in [3.05, 3.63) is 84.6 Å². The van der Waals surface area contributed by atoms with E-state index in [0.29, 0.717) is 0 Å². The number of aryl methyl sites for hydroxylation is 1. The van der Waals surface area contributed by atoms with Gasteiger partial charge in [0.25, 0.3) is 0 Å². The third-order valence-electron chi connectivity index (χ3n) is 3.94. The molecule has 2 aromatic carbocycles. The lowest BCUT2D eigenvalue weighted by atomic mass is 10.1. The van der Waals surface area contributed by atoms with Crippen molar-refractivity contribution in [3.63, 3.8) is 0 Å². The molecule has 2 nitrogen and oxygen atoms in total. The summed E-state index contributed by atoms with van der Waals surface area (Å²) in [5.74, 6) is 0.944. The molecule has 2 aromatic heterocycles. The van der Waals surface area contributed by atoms with Gasteiger partial charge in [0.05, 0.1) is 11.2 Å². The molecule has 0 saturated carbocycles. The van der Waals surface area contributed by atoms with Crippen molar-refractivity contribution in [1.29, 1.82) is 0 Å². The van der Waals surface area contributed by atoms with Crippen LogP contribution in [-0.2, 0) is 0 Å². The average molecular weight is 284 g/mol. The van der Waals surface area contributed by atoms with Gasteiger partial charge in [-0.25, -0.2) is 4.98 Å². The number of pyridine rings is 1. The molecule has 4 rings (SSSR count). The molecule has 0 fully saturated rings. The molecule has 0 aliphatic rings. The summed E-state index contributed by atoms with van der Waals surface area (Å²) in [6, 6.07) is 25.3. The van der Waals surface area contributed by atoms with E-state index in [4.69, 9.17) is 0 Å². The lowest BCUT2D eigenvalue weighted by molar-refractivity contribution is 1.05. The van der Waals surface area contributed by atoms with Crippen molar-refractivity contribution in [2.75, 3.05) is 0 Å². The molecule has 106 valence electrons. The first kappa shape index (κ1) is 12.8. The Morgan fingerprint density at radius 2 is 1.59 bits per heavy atom. The molecule has 0 spiro atoms. The second-order valence-electron chi connectivity index (χ2n) is 5.48. The van der Waals surface area contributed by atoms with Gasteiger partial charge in [0, 0.05) is 11.6 Å². The number of hydrogen-bond donors (Lipinski definition) is 0. The number of aromatic nitrogens is 2. The SMILES string of the molecule is Cc1ccc(-c2cc3ccccc3n2-c2ccccn2)cc1. The second-order valence-corrected chi connectivity index (χ2v) is 5.48. The summed E-state index contributed by atoms with van der Waals surface area (Å²) in [7, 11) is 0. The molecule has 0 aliphatic heterocycles. The smallest absolute Gasteiger partial charge is 0.137 e. The molecular formula is C20H16N2. The summed E-state index contributed by atoms with van der Waals surface area (Å²) < 4.78 is 2.22. The number of fused-ring (bicyclic) bond motifs is 1. The molecule has 0 aliphatic carbocycles. The van der Waals surface area contributed by atoms with E-state index in [1.165, 1.54) is 27.7 Å². The average Bonchev–Trinajstić information content (AvgIpc) is 2.96. The van der Waals surface area contributed by atoms with Crippen LogP contribution >= 0.6 is 0 Å². The summed E-state index contributed by atoms with van der Waals surface area (Å²) in [5.41, 5.74) is 4.81. The minimum absolute atomic E-state index is 0.944. The number of para-hydroxylation sites is 1. The number of rotatable bonds is 2. The van der Waals surface area contributed by atoms with Gasteiger partial charge in [0.15, 0.2) is 0 Å². The van der Waals surface area contributed by atoms with Gasteiger partial charge in [-0.05, 0) is 36.8 Å². The van der Waals surface area contributed by atoms with E-state index in [2.05, 4.69) is 71.1 Å². The molecule has 22 heavy (non-hydrogen) atoms. The van der Waals surface area contributed by atoms with E-state index in [1.54, 1.807) is 0 Å². The normalized spacial score (nSPS) is 11.0. The van der Waals surface area contributed by atoms with Crippen molar-refractivity contribution >= 4 is 10.9 Å². The summed E-state index contributed by atoms with van der Waals surface area (Å²) in [5, 5.41) is 1.23. The Morgan fingerprint density at radius 1 is 0.818 bits per heavy atom. The standard InChI is InChI=1S/C20H16N2/c1-15-9-11-16(12-10-15)19-14-17-6-2-3-7-18(17)22(19)20-8-4-5-13-21-20/h2-14H,1H3. The molecule has 0 amide bonds. The third-order valence-corrected chi connectivity index (χ3v) is 3.94. The third kappa shape index (κ3) is 2.09. The van der Waals surface area contributed by atoms with Gasteiger partial charge >= 0.3 is 0 Å². The summed E-state index contributed by atoms with van der Waals surface area (Å²) in [6.45, 7) is 2.11. The van der Waals surface area contributed by atoms with Gasteiger partial charge in [-0.3, -0.25) is 4.57 Å². The maximum absolute atomic E-state index is 4.54. The summed E-state index contributed by atoms with van der Waals surface area (Å²) >= 11 is 0. The van der Waals surface area contributed by atoms with E-state index >= 15 is 0 Å². The van der Waals surface area contributed by atoms with E-state index < -0.39 is 0 Å². The van der Waals surface area contributed by atoms with Crippen LogP contribution in [0.3, 0.4) is 0 Å². The van der Waals surface area contributed by atoms with Crippen LogP contribution in [0, 0.1) is 6.92 Å². The van der Waals surface area contributed by atoms with Gasteiger partial charge in [0.1, 0.15) is 5.82 Å². The highest BCUT2D eigenvalue weighted by atomic mass is 15.1. The highest BCUT2D eigenvalue weighted by Crippen LogP contribution is 2.30. The first-order valence-corrected chi connectivity index (χ1v) is 7.42. The Kier molecular flexibility index (Phi) is 3.01. The number of hydrogen-bond acceptors (Lipinski definition) is 1. The summed E-state index contributed by atoms with van der Waals surface area (Å²) in [6.07, 6.45) is 1.84. The van der Waals surface area contributed by atoms with Crippen molar-refractivity contribution in [1.82, 2.24) is 9.55 Å². The Bertz CT molecular complexity index is 919. The summed E-state index contributed by atoms with van der Waals surface area (Å²) in [4.78, 5) is 4.54. The Labute approximate surface area is 129 Å². The predicted octanol–water partition coefficient (Wildman–Crippen LogP) is 5.00. The molecule has 0 saturated heterocycles. The van der Waals surface area contributed by atoms with Crippen molar-refractivity contribution < 1.29 is 0 Å². The van der Waals surface area contributed by atoms with E-state index in [1.807, 2.05) is 24.4 Å². The van der Waals surface area contributed by atoms with Crippen LogP contribution in [0.5, 0.6) is 0 Å². The lowest BCUT2D eigenvalue weighted by Crippen LogP contribution is -1.98. The molecular weight excluding hydrogens is 268 g/mol. The molecule has 0 N–H and O–H groups in total. The van der Waals surface area contributed by atoms with Gasteiger partial charge in [-0.15, -0.1) is 0 Å². The highest BCUT2D eigenvalue weighted by molar-refractivity contribution is 5.88. The quantitative estimate of drug-likeness (QED) is 0.506. The zero-order valence-electron chi connectivity index (χ0n) is 12.4. The van der Waals surface area contributed by atoms with E-state index in [-0.39, 0.29) is 0 Å². The van der Waals surface area contributed by atoms with Gasteiger partial charge in [-0.2, -0.15) is 0 Å². The van der Waals surface area contributed by atoms with Gasteiger partial charge in [0.2, 0.25) is 0 Å². The molecule has 2 heteroatoms. The fourth-order valence-electron chi connectivity index (χ4n) is 2.82. The zero-order chi connectivity index (χ0) is 14.9. The lowest BCUT2D eigenvalue weighted by Gasteiger charge is -2.10. The van der Waals surface area contributed by atoms with Crippen LogP contribution < -0.4 is 0 Å². The maximum Gasteiger partial charge on any atom is 0.137 e. The topological polar surface area (TPSA) is 17.8 Å². The molecule has 0 radical (unpaired) electrons. The highest BCUT2D eigenvalue weighted by Gasteiger charge is 2.12. The molecule has 4 aromatic rings. The van der Waals surface area contributed by atoms with Gasteiger partial charge < -0.3 is 0 Å². The Morgan fingerprint density at radius 3 is 2.36 bits per heavy atom. The van der Waals surface area contributed by atoms with Crippen LogP contribution in [0.1, 0.15) is 5.56 Å². The van der Waals surface area contributed by atoms with Crippen LogP contribution in [-0.4, -0.2) is 9.55 Å². The monoisotopic (exact) mass is 284 g/mol. The van der Waals surface area contributed by atoms with Crippen LogP contribution in [0.15, 0.2) is 79.0 Å². The Hall–Kier alpha value is -2.87. The van der Waals surface area contributed by atoms with Crippen molar-refractivity contribution in [2.45, 2.75) is 6.92 Å². The zero-order valence-corrected chi connectivity index (χ0v) is 12.4. The molecule has 2 heterocycles. The number of benzene rings is 2. The fraction of sp³-hybridized carbons (Fsp3) is 0.0500. The molecule has 0 atom stereocenters. The number of nitrogens with zero attached hydrogens (tertiary/aromatic N) is 2. The fourth-order valence-corrected chi connectivity index (χ4v) is 2.82. The largest absolute Gasteiger partial charge is 0.294 e. The first-order valence-electron chi connectivity index (χ1n) is 7.42. The predicted molar refractivity (Wildman–Crippen MR) is 91.2 cm³/mol. The van der Waals surface area contributed by atoms with Crippen LogP contribution in [0.25, 0.3) is 28.0 Å². The minimum atomic E-state index is 0.944. The van der Waals surface area contributed by atoms with Crippen LogP contribution in [0.2, 0.25) is 0 Å². The van der Waals surface area contributed by atoms with Crippen molar-refractivity contribution in [2.24, 2.45) is 0 Å². The minimum Gasteiger partial charge on any atom is -0.294 e. The maximum atomic E-state index is 4.54.